The van der Waals surface area contributed by atoms with Crippen molar-refractivity contribution in [2.24, 2.45) is 0 Å². The van der Waals surface area contributed by atoms with Crippen molar-refractivity contribution in [3.05, 3.63) is 23.3 Å². The molecule has 0 fully saturated rings. The molecule has 0 spiro atoms. The second-order valence-electron chi connectivity index (χ2n) is 3.58. The van der Waals surface area contributed by atoms with Gasteiger partial charge in [0.05, 0.1) is 19.2 Å². The maximum atomic E-state index is 11.5. The molecule has 1 aliphatic rings. The molecule has 0 saturated carbocycles. The maximum Gasteiger partial charge on any atom is 0.231 e. The van der Waals surface area contributed by atoms with E-state index in [0.29, 0.717) is 6.42 Å². The molecule has 0 N–H and O–H groups in total. The number of anilines is 1. The van der Waals surface area contributed by atoms with E-state index >= 15 is 0 Å². The van der Waals surface area contributed by atoms with Crippen molar-refractivity contribution < 1.29 is 9.53 Å². The number of amides is 1. The van der Waals surface area contributed by atoms with Crippen molar-refractivity contribution in [3.8, 4) is 5.75 Å². The van der Waals surface area contributed by atoms with Crippen LogP contribution in [-0.4, -0.2) is 20.1 Å². The molecule has 0 aromatic heterocycles. The quantitative estimate of drug-likeness (QED) is 0.673. The fourth-order valence-electron chi connectivity index (χ4n) is 1.96. The Labute approximate surface area is 83.3 Å². The summed E-state index contributed by atoms with van der Waals surface area (Å²) in [5, 5.41) is 0. The lowest BCUT2D eigenvalue weighted by atomic mass is 10.1. The number of ether oxygens (including phenoxy) is 1. The van der Waals surface area contributed by atoms with Crippen LogP contribution in [0.25, 0.3) is 0 Å². The van der Waals surface area contributed by atoms with Gasteiger partial charge in [0.1, 0.15) is 5.75 Å². The number of aryl methyl sites for hydroxylation is 1. The SMILES string of the molecule is COc1cc(C)c2c(c1)CC(=O)N2C. The van der Waals surface area contributed by atoms with Gasteiger partial charge in [-0.1, -0.05) is 0 Å². The van der Waals surface area contributed by atoms with Crippen LogP contribution in [0, 0.1) is 6.92 Å². The van der Waals surface area contributed by atoms with E-state index in [2.05, 4.69) is 0 Å². The highest BCUT2D eigenvalue weighted by molar-refractivity contribution is 6.02. The predicted molar refractivity (Wildman–Crippen MR) is 54.8 cm³/mol. The Balaban J connectivity index is 2.57. The molecule has 1 amide bonds. The standard InChI is InChI=1S/C11H13NO2/c1-7-4-9(14-3)5-8-6-10(13)12(2)11(7)8/h4-5H,6H2,1-3H3. The number of hydrogen-bond donors (Lipinski definition) is 0. The lowest BCUT2D eigenvalue weighted by molar-refractivity contribution is -0.117. The van der Waals surface area contributed by atoms with Crippen molar-refractivity contribution >= 4 is 11.6 Å². The maximum absolute atomic E-state index is 11.5. The third kappa shape index (κ3) is 1.16. The van der Waals surface area contributed by atoms with Crippen LogP contribution < -0.4 is 9.64 Å². The average Bonchev–Trinajstić information content (AvgIpc) is 2.43. The predicted octanol–water partition coefficient (Wildman–Crippen LogP) is 1.52. The second kappa shape index (κ2) is 3.01. The lowest BCUT2D eigenvalue weighted by Crippen LogP contribution is -2.21. The van der Waals surface area contributed by atoms with Gasteiger partial charge in [-0.25, -0.2) is 0 Å². The second-order valence-corrected chi connectivity index (χ2v) is 3.58. The third-order valence-corrected chi connectivity index (χ3v) is 2.64. The molecule has 2 rings (SSSR count). The van der Waals surface area contributed by atoms with Crippen LogP contribution >= 0.6 is 0 Å². The van der Waals surface area contributed by atoms with Gasteiger partial charge in [0, 0.05) is 7.05 Å². The highest BCUT2D eigenvalue weighted by atomic mass is 16.5. The van der Waals surface area contributed by atoms with Crippen LogP contribution in [-0.2, 0) is 11.2 Å². The highest BCUT2D eigenvalue weighted by Gasteiger charge is 2.26. The number of rotatable bonds is 1. The minimum Gasteiger partial charge on any atom is -0.497 e. The first-order valence-corrected chi connectivity index (χ1v) is 4.57. The molecule has 3 heteroatoms. The van der Waals surface area contributed by atoms with Crippen molar-refractivity contribution in [1.29, 1.82) is 0 Å². The molecule has 1 heterocycles. The Kier molecular flexibility index (Phi) is 1.95. The van der Waals surface area contributed by atoms with Gasteiger partial charge < -0.3 is 9.64 Å². The number of carbonyl (C=O) groups excluding carboxylic acids is 1. The first-order chi connectivity index (χ1) is 6.63. The molecule has 14 heavy (non-hydrogen) atoms. The van der Waals surface area contributed by atoms with Gasteiger partial charge in [0.15, 0.2) is 0 Å². The van der Waals surface area contributed by atoms with Gasteiger partial charge in [0.25, 0.3) is 0 Å². The van der Waals surface area contributed by atoms with E-state index in [0.717, 1.165) is 22.6 Å². The van der Waals surface area contributed by atoms with Gasteiger partial charge in [-0.2, -0.15) is 0 Å². The van der Waals surface area contributed by atoms with Crippen molar-refractivity contribution in [2.45, 2.75) is 13.3 Å². The minimum atomic E-state index is 0.149. The summed E-state index contributed by atoms with van der Waals surface area (Å²) in [6.45, 7) is 2.00. The molecule has 0 aliphatic carbocycles. The first-order valence-electron chi connectivity index (χ1n) is 4.57. The average molecular weight is 191 g/mol. The summed E-state index contributed by atoms with van der Waals surface area (Å²) in [5.74, 6) is 0.973. The minimum absolute atomic E-state index is 0.149. The molecule has 0 atom stereocenters. The van der Waals surface area contributed by atoms with Crippen molar-refractivity contribution in [2.75, 3.05) is 19.1 Å². The molecule has 1 aromatic carbocycles. The molecule has 1 aromatic rings. The Hall–Kier alpha value is -1.51. The Morgan fingerprint density at radius 2 is 2.14 bits per heavy atom. The van der Waals surface area contributed by atoms with Gasteiger partial charge in [0.2, 0.25) is 5.91 Å². The summed E-state index contributed by atoms with van der Waals surface area (Å²) in [5.41, 5.74) is 3.19. The van der Waals surface area contributed by atoms with Gasteiger partial charge in [-0.15, -0.1) is 0 Å². The molecule has 3 nitrogen and oxygen atoms in total. The van der Waals surface area contributed by atoms with Crippen LogP contribution in [0.4, 0.5) is 5.69 Å². The number of methoxy groups -OCH3 is 1. The van der Waals surface area contributed by atoms with Crippen LogP contribution in [0.15, 0.2) is 12.1 Å². The zero-order valence-corrected chi connectivity index (χ0v) is 8.63. The topological polar surface area (TPSA) is 29.5 Å². The Morgan fingerprint density at radius 3 is 2.79 bits per heavy atom. The molecule has 0 unspecified atom stereocenters. The Morgan fingerprint density at radius 1 is 1.43 bits per heavy atom. The zero-order valence-electron chi connectivity index (χ0n) is 8.63. The molecule has 0 bridgehead atoms. The molecular weight excluding hydrogens is 178 g/mol. The van der Waals surface area contributed by atoms with E-state index in [1.807, 2.05) is 26.1 Å². The number of likely N-dealkylation sites (N-methyl/N-ethyl adjacent to an activating group) is 1. The Bertz CT molecular complexity index is 399. The van der Waals surface area contributed by atoms with Crippen LogP contribution in [0.3, 0.4) is 0 Å². The number of fused-ring (bicyclic) bond motifs is 1. The molecule has 0 radical (unpaired) electrons. The largest absolute Gasteiger partial charge is 0.497 e. The third-order valence-electron chi connectivity index (χ3n) is 2.64. The van der Waals surface area contributed by atoms with Gasteiger partial charge in [-0.3, -0.25) is 4.79 Å². The number of benzene rings is 1. The van der Waals surface area contributed by atoms with Crippen molar-refractivity contribution in [3.63, 3.8) is 0 Å². The summed E-state index contributed by atoms with van der Waals surface area (Å²) >= 11 is 0. The van der Waals surface area contributed by atoms with Gasteiger partial charge in [-0.05, 0) is 30.2 Å². The fraction of sp³-hybridized carbons (Fsp3) is 0.364. The monoisotopic (exact) mass is 191 g/mol. The first kappa shape index (κ1) is 9.06. The van der Waals surface area contributed by atoms with Crippen molar-refractivity contribution in [1.82, 2.24) is 0 Å². The number of carbonyl (C=O) groups is 1. The smallest absolute Gasteiger partial charge is 0.231 e. The van der Waals surface area contributed by atoms with Crippen LogP contribution in [0.5, 0.6) is 5.75 Å². The molecular formula is C11H13NO2. The molecule has 0 saturated heterocycles. The summed E-state index contributed by atoms with van der Waals surface area (Å²) in [4.78, 5) is 13.2. The van der Waals surface area contributed by atoms with Crippen LogP contribution in [0.1, 0.15) is 11.1 Å². The molecule has 1 aliphatic heterocycles. The van der Waals surface area contributed by atoms with E-state index in [1.54, 1.807) is 12.0 Å². The highest BCUT2D eigenvalue weighted by Crippen LogP contribution is 2.34. The normalized spacial score (nSPS) is 14.5. The van der Waals surface area contributed by atoms with E-state index < -0.39 is 0 Å². The summed E-state index contributed by atoms with van der Waals surface area (Å²) in [6.07, 6.45) is 0.490. The van der Waals surface area contributed by atoms with E-state index in [-0.39, 0.29) is 5.91 Å². The lowest BCUT2D eigenvalue weighted by Gasteiger charge is -2.13. The summed E-state index contributed by atoms with van der Waals surface area (Å²) in [6, 6.07) is 3.89. The van der Waals surface area contributed by atoms with Crippen LogP contribution in [0.2, 0.25) is 0 Å². The van der Waals surface area contributed by atoms with E-state index in [9.17, 15) is 4.79 Å². The summed E-state index contributed by atoms with van der Waals surface area (Å²) < 4.78 is 5.16. The number of nitrogens with zero attached hydrogens (tertiary/aromatic N) is 1. The molecule has 74 valence electrons. The van der Waals surface area contributed by atoms with E-state index in [1.165, 1.54) is 0 Å². The summed E-state index contributed by atoms with van der Waals surface area (Å²) in [7, 11) is 3.45. The number of hydrogen-bond acceptors (Lipinski definition) is 2. The zero-order chi connectivity index (χ0) is 10.3. The van der Waals surface area contributed by atoms with E-state index in [4.69, 9.17) is 4.74 Å². The fourth-order valence-corrected chi connectivity index (χ4v) is 1.96. The van der Waals surface area contributed by atoms with Gasteiger partial charge >= 0.3 is 0 Å².